The molecule has 2 aromatic carbocycles. The first-order valence-corrected chi connectivity index (χ1v) is 11.3. The summed E-state index contributed by atoms with van der Waals surface area (Å²) in [6, 6.07) is 13.2. The fraction of sp³-hybridized carbons (Fsp3) is 0.200. The van der Waals surface area contributed by atoms with Gasteiger partial charge in [0, 0.05) is 11.4 Å². The minimum absolute atomic E-state index is 0.172. The molecule has 2 aromatic heterocycles. The number of nitrogens with one attached hydrogen (secondary N) is 2. The van der Waals surface area contributed by atoms with Crippen molar-refractivity contribution in [3.8, 4) is 0 Å². The number of aryl methyl sites for hydroxylation is 4. The number of anilines is 2. The molecule has 2 N–H and O–H groups in total. The van der Waals surface area contributed by atoms with Crippen LogP contribution in [-0.2, 0) is 11.3 Å². The Labute approximate surface area is 195 Å². The Morgan fingerprint density at radius 1 is 1.00 bits per heavy atom. The van der Waals surface area contributed by atoms with Crippen LogP contribution < -0.4 is 16.2 Å². The molecule has 0 aliphatic heterocycles. The number of amides is 2. The largest absolute Gasteiger partial charge is 0.325 e. The van der Waals surface area contributed by atoms with E-state index in [-0.39, 0.29) is 23.9 Å². The molecular weight excluding hydrogens is 436 g/mol. The zero-order chi connectivity index (χ0) is 23.7. The lowest BCUT2D eigenvalue weighted by atomic mass is 10.1. The first-order valence-electron chi connectivity index (χ1n) is 10.5. The predicted molar refractivity (Wildman–Crippen MR) is 132 cm³/mol. The van der Waals surface area contributed by atoms with Gasteiger partial charge in [-0.25, -0.2) is 4.98 Å². The van der Waals surface area contributed by atoms with E-state index < -0.39 is 0 Å². The van der Waals surface area contributed by atoms with Crippen LogP contribution in [0.4, 0.5) is 11.4 Å². The highest BCUT2D eigenvalue weighted by Gasteiger charge is 2.20. The summed E-state index contributed by atoms with van der Waals surface area (Å²) in [6.07, 6.45) is 1.35. The molecule has 0 saturated carbocycles. The van der Waals surface area contributed by atoms with Crippen molar-refractivity contribution in [1.29, 1.82) is 0 Å². The van der Waals surface area contributed by atoms with Crippen LogP contribution in [0.5, 0.6) is 0 Å². The summed E-state index contributed by atoms with van der Waals surface area (Å²) in [5, 5.41) is 6.08. The fourth-order valence-electron chi connectivity index (χ4n) is 3.70. The molecule has 0 atom stereocenters. The van der Waals surface area contributed by atoms with Crippen molar-refractivity contribution in [2.75, 3.05) is 10.6 Å². The van der Waals surface area contributed by atoms with E-state index in [0.717, 1.165) is 22.4 Å². The summed E-state index contributed by atoms with van der Waals surface area (Å²) < 4.78 is 1.26. The lowest BCUT2D eigenvalue weighted by Crippen LogP contribution is -2.28. The third kappa shape index (κ3) is 4.70. The van der Waals surface area contributed by atoms with Gasteiger partial charge in [0.1, 0.15) is 11.4 Å². The number of rotatable bonds is 5. The molecule has 0 saturated heterocycles. The normalized spacial score (nSPS) is 10.9. The van der Waals surface area contributed by atoms with Gasteiger partial charge in [-0.15, -0.1) is 11.3 Å². The molecular formula is C25H24N4O3S. The zero-order valence-corrected chi connectivity index (χ0v) is 19.7. The van der Waals surface area contributed by atoms with Gasteiger partial charge in [-0.05, 0) is 62.6 Å². The van der Waals surface area contributed by atoms with E-state index >= 15 is 0 Å². The molecule has 0 radical (unpaired) electrons. The summed E-state index contributed by atoms with van der Waals surface area (Å²) in [5.74, 6) is -0.616. The average Bonchev–Trinajstić information content (AvgIpc) is 3.09. The highest BCUT2D eigenvalue weighted by atomic mass is 32.1. The SMILES string of the molecule is Cc1cccc(NC(=O)Cn2cnc3sc(C(=O)Nc4ccc(C)cc4C)c(C)c3c2=O)c1. The Kier molecular flexibility index (Phi) is 6.11. The molecule has 0 fully saturated rings. The monoisotopic (exact) mass is 460 g/mol. The molecule has 2 amide bonds. The van der Waals surface area contributed by atoms with Gasteiger partial charge in [-0.2, -0.15) is 0 Å². The van der Waals surface area contributed by atoms with Gasteiger partial charge in [0.25, 0.3) is 11.5 Å². The van der Waals surface area contributed by atoms with E-state index in [1.807, 2.05) is 57.2 Å². The van der Waals surface area contributed by atoms with Crippen LogP contribution >= 0.6 is 11.3 Å². The molecule has 33 heavy (non-hydrogen) atoms. The number of thiophene rings is 1. The highest BCUT2D eigenvalue weighted by molar-refractivity contribution is 7.20. The topological polar surface area (TPSA) is 93.1 Å². The highest BCUT2D eigenvalue weighted by Crippen LogP contribution is 2.28. The van der Waals surface area contributed by atoms with Gasteiger partial charge in [0.15, 0.2) is 0 Å². The second-order valence-electron chi connectivity index (χ2n) is 8.10. The van der Waals surface area contributed by atoms with E-state index in [9.17, 15) is 14.4 Å². The molecule has 4 rings (SSSR count). The van der Waals surface area contributed by atoms with Crippen LogP contribution in [0.2, 0.25) is 0 Å². The van der Waals surface area contributed by atoms with Crippen LogP contribution in [-0.4, -0.2) is 21.4 Å². The molecule has 0 spiro atoms. The Bertz CT molecular complexity index is 1450. The van der Waals surface area contributed by atoms with Crippen molar-refractivity contribution < 1.29 is 9.59 Å². The molecule has 0 unspecified atom stereocenters. The molecule has 168 valence electrons. The minimum atomic E-state index is -0.348. The van der Waals surface area contributed by atoms with Crippen LogP contribution in [0.1, 0.15) is 31.9 Å². The molecule has 8 heteroatoms. The van der Waals surface area contributed by atoms with Gasteiger partial charge >= 0.3 is 0 Å². The number of nitrogens with zero attached hydrogens (tertiary/aromatic N) is 2. The number of hydrogen-bond donors (Lipinski definition) is 2. The Hall–Kier alpha value is -3.78. The first kappa shape index (κ1) is 22.4. The van der Waals surface area contributed by atoms with Crippen LogP contribution in [0.3, 0.4) is 0 Å². The molecule has 0 aliphatic rings. The standard InChI is InChI=1S/C25H24N4O3S/c1-14-6-5-7-18(11-14)27-20(30)12-29-13-26-24-21(25(29)32)17(4)22(33-24)23(31)28-19-9-8-15(2)10-16(19)3/h5-11,13H,12H2,1-4H3,(H,27,30)(H,28,31). The fourth-order valence-corrected chi connectivity index (χ4v) is 4.73. The second-order valence-corrected chi connectivity index (χ2v) is 9.10. The van der Waals surface area contributed by atoms with Gasteiger partial charge in [-0.3, -0.25) is 19.0 Å². The van der Waals surface area contributed by atoms with E-state index in [2.05, 4.69) is 15.6 Å². The smallest absolute Gasteiger partial charge is 0.266 e. The third-order valence-electron chi connectivity index (χ3n) is 5.37. The van der Waals surface area contributed by atoms with E-state index in [4.69, 9.17) is 0 Å². The lowest BCUT2D eigenvalue weighted by molar-refractivity contribution is -0.116. The van der Waals surface area contributed by atoms with Gasteiger partial charge < -0.3 is 10.6 Å². The van der Waals surface area contributed by atoms with E-state index in [0.29, 0.717) is 26.3 Å². The van der Waals surface area contributed by atoms with Crippen LogP contribution in [0.15, 0.2) is 53.6 Å². The van der Waals surface area contributed by atoms with Crippen LogP contribution in [0.25, 0.3) is 10.2 Å². The van der Waals surface area contributed by atoms with Crippen molar-refractivity contribution in [3.05, 3.63) is 86.3 Å². The van der Waals surface area contributed by atoms with Crippen molar-refractivity contribution in [2.24, 2.45) is 0 Å². The van der Waals surface area contributed by atoms with Crippen LogP contribution in [0, 0.1) is 27.7 Å². The molecule has 2 heterocycles. The maximum atomic E-state index is 13.1. The summed E-state index contributed by atoms with van der Waals surface area (Å²) in [4.78, 5) is 43.8. The Morgan fingerprint density at radius 3 is 2.48 bits per heavy atom. The number of benzene rings is 2. The van der Waals surface area contributed by atoms with Gasteiger partial charge in [-0.1, -0.05) is 29.8 Å². The predicted octanol–water partition coefficient (Wildman–Crippen LogP) is 4.58. The molecule has 7 nitrogen and oxygen atoms in total. The number of carbonyl (C=O) groups is 2. The number of hydrogen-bond acceptors (Lipinski definition) is 5. The van der Waals surface area contributed by atoms with Gasteiger partial charge in [0.2, 0.25) is 5.91 Å². The minimum Gasteiger partial charge on any atom is -0.325 e. The number of fused-ring (bicyclic) bond motifs is 1. The summed E-state index contributed by atoms with van der Waals surface area (Å²) in [7, 11) is 0. The maximum Gasteiger partial charge on any atom is 0.266 e. The maximum absolute atomic E-state index is 13.1. The van der Waals surface area contributed by atoms with Gasteiger partial charge in [0.05, 0.1) is 16.6 Å². The number of aromatic nitrogens is 2. The Balaban J connectivity index is 1.59. The molecule has 0 aliphatic carbocycles. The summed E-state index contributed by atoms with van der Waals surface area (Å²) >= 11 is 1.17. The van der Waals surface area contributed by atoms with E-state index in [1.54, 1.807) is 13.0 Å². The second kappa shape index (κ2) is 8.99. The lowest BCUT2D eigenvalue weighted by Gasteiger charge is -2.09. The number of carbonyl (C=O) groups excluding carboxylic acids is 2. The molecule has 4 aromatic rings. The quantitative estimate of drug-likeness (QED) is 0.456. The molecule has 0 bridgehead atoms. The summed E-state index contributed by atoms with van der Waals surface area (Å²) in [6.45, 7) is 7.42. The van der Waals surface area contributed by atoms with Crippen molar-refractivity contribution in [3.63, 3.8) is 0 Å². The van der Waals surface area contributed by atoms with E-state index in [1.165, 1.54) is 22.2 Å². The van der Waals surface area contributed by atoms with Crippen molar-refractivity contribution >= 4 is 44.7 Å². The van der Waals surface area contributed by atoms with Crippen molar-refractivity contribution in [1.82, 2.24) is 9.55 Å². The first-order chi connectivity index (χ1) is 15.7. The summed E-state index contributed by atoms with van der Waals surface area (Å²) in [5.41, 5.74) is 4.69. The van der Waals surface area contributed by atoms with Crippen molar-refractivity contribution in [2.45, 2.75) is 34.2 Å². The Morgan fingerprint density at radius 2 is 1.76 bits per heavy atom. The zero-order valence-electron chi connectivity index (χ0n) is 18.9. The third-order valence-corrected chi connectivity index (χ3v) is 6.57. The average molecular weight is 461 g/mol.